The topological polar surface area (TPSA) is 118 Å². The Morgan fingerprint density at radius 3 is 2.17 bits per heavy atom. The van der Waals surface area contributed by atoms with E-state index < -0.39 is 43.4 Å². The number of aliphatic carboxylic acids is 1. The van der Waals surface area contributed by atoms with E-state index in [0.29, 0.717) is 6.42 Å². The molecule has 0 aromatic heterocycles. The lowest BCUT2D eigenvalue weighted by Crippen LogP contribution is -2.42. The number of rotatable bonds is 9. The number of hydrogen-bond acceptors (Lipinski definition) is 5. The van der Waals surface area contributed by atoms with E-state index in [1.54, 1.807) is 0 Å². The van der Waals surface area contributed by atoms with Crippen molar-refractivity contribution >= 4 is 25.8 Å². The summed E-state index contributed by atoms with van der Waals surface area (Å²) in [5, 5.41) is 8.85. The van der Waals surface area contributed by atoms with Gasteiger partial charge in [0, 0.05) is 6.26 Å². The van der Waals surface area contributed by atoms with Crippen LogP contribution in [0.5, 0.6) is 0 Å². The van der Waals surface area contributed by atoms with Gasteiger partial charge in [0.15, 0.2) is 0 Å². The van der Waals surface area contributed by atoms with Crippen LogP contribution in [-0.2, 0) is 24.7 Å². The molecule has 9 heteroatoms. The molecule has 1 atom stereocenters. The van der Waals surface area contributed by atoms with Crippen LogP contribution in [0.2, 0.25) is 0 Å². The minimum Gasteiger partial charge on any atom is -0.480 e. The van der Waals surface area contributed by atoms with Gasteiger partial charge in [0.25, 0.3) is 0 Å². The average molecular weight is 301 g/mol. The first-order chi connectivity index (χ1) is 8.07. The number of sulfone groups is 1. The van der Waals surface area contributed by atoms with Crippen molar-refractivity contribution in [1.29, 1.82) is 0 Å². The lowest BCUT2D eigenvalue weighted by Gasteiger charge is -2.14. The molecule has 0 saturated carbocycles. The molecule has 0 fully saturated rings. The van der Waals surface area contributed by atoms with Gasteiger partial charge in [0.1, 0.15) is 15.9 Å². The summed E-state index contributed by atoms with van der Waals surface area (Å²) in [5.74, 6) is -2.41. The summed E-state index contributed by atoms with van der Waals surface area (Å²) in [5.41, 5.74) is 0. The number of nitrogens with one attached hydrogen (secondary N) is 1. The van der Waals surface area contributed by atoms with Gasteiger partial charge in [-0.3, -0.25) is 4.79 Å². The Bertz CT molecular complexity index is 467. The molecule has 0 radical (unpaired) electrons. The summed E-state index contributed by atoms with van der Waals surface area (Å²) in [6.07, 6.45) is 2.43. The average Bonchev–Trinajstić information content (AvgIpc) is 2.20. The van der Waals surface area contributed by atoms with E-state index in [4.69, 9.17) is 5.11 Å². The molecule has 0 amide bonds. The maximum atomic E-state index is 11.5. The van der Waals surface area contributed by atoms with Gasteiger partial charge < -0.3 is 5.11 Å². The molecule has 0 bridgehead atoms. The van der Waals surface area contributed by atoms with Crippen LogP contribution in [0, 0.1) is 0 Å². The largest absolute Gasteiger partial charge is 0.480 e. The Hall–Kier alpha value is -0.670. The van der Waals surface area contributed by atoms with Crippen molar-refractivity contribution in [1.82, 2.24) is 4.72 Å². The molecular weight excluding hydrogens is 282 g/mol. The summed E-state index contributed by atoms with van der Waals surface area (Å²) in [7, 11) is -7.30. The van der Waals surface area contributed by atoms with Crippen LogP contribution in [-0.4, -0.2) is 51.7 Å². The van der Waals surface area contributed by atoms with Gasteiger partial charge in [-0.1, -0.05) is 19.8 Å². The van der Waals surface area contributed by atoms with Crippen molar-refractivity contribution in [3.63, 3.8) is 0 Å². The summed E-state index contributed by atoms with van der Waals surface area (Å²) in [6.45, 7) is 1.86. The predicted molar refractivity (Wildman–Crippen MR) is 67.6 cm³/mol. The molecule has 0 aromatic carbocycles. The highest BCUT2D eigenvalue weighted by Crippen LogP contribution is 2.03. The van der Waals surface area contributed by atoms with Crippen LogP contribution < -0.4 is 4.72 Å². The van der Waals surface area contributed by atoms with E-state index in [1.165, 1.54) is 0 Å². The van der Waals surface area contributed by atoms with Crippen LogP contribution in [0.15, 0.2) is 0 Å². The smallest absolute Gasteiger partial charge is 0.321 e. The number of unbranched alkanes of at least 4 members (excludes halogenated alkanes) is 1. The third kappa shape index (κ3) is 8.43. The Balaban J connectivity index is 4.56. The molecule has 108 valence electrons. The number of carboxylic acid groups (broad SMARTS) is 1. The fraction of sp³-hybridized carbons (Fsp3) is 0.889. The number of sulfonamides is 1. The standard InChI is InChI=1S/C9H19NO6S2/c1-3-4-5-8(9(11)12)10-18(15,16)7-6-17(2,13)14/h8,10H,3-7H2,1-2H3,(H,11,12)/t8-/m0/s1. The monoisotopic (exact) mass is 301 g/mol. The second-order valence-corrected chi connectivity index (χ2v) is 8.23. The Morgan fingerprint density at radius 2 is 1.78 bits per heavy atom. The van der Waals surface area contributed by atoms with E-state index in [1.807, 2.05) is 11.6 Å². The van der Waals surface area contributed by atoms with Gasteiger partial charge in [0.2, 0.25) is 10.0 Å². The Labute approximate surface area is 108 Å². The molecule has 0 saturated heterocycles. The van der Waals surface area contributed by atoms with Crippen molar-refractivity contribution in [2.24, 2.45) is 0 Å². The first-order valence-corrected chi connectivity index (χ1v) is 9.19. The minimum atomic E-state index is -3.90. The molecule has 7 nitrogen and oxygen atoms in total. The maximum Gasteiger partial charge on any atom is 0.321 e. The molecule has 0 aliphatic heterocycles. The van der Waals surface area contributed by atoms with Crippen LogP contribution >= 0.6 is 0 Å². The summed E-state index contributed by atoms with van der Waals surface area (Å²) in [4.78, 5) is 10.8. The predicted octanol–water partition coefficient (Wildman–Crippen LogP) is -0.406. The van der Waals surface area contributed by atoms with Gasteiger partial charge in [-0.15, -0.1) is 0 Å². The van der Waals surface area contributed by atoms with Gasteiger partial charge >= 0.3 is 5.97 Å². The van der Waals surface area contributed by atoms with Crippen molar-refractivity contribution < 1.29 is 26.7 Å². The zero-order chi connectivity index (χ0) is 14.4. The van der Waals surface area contributed by atoms with Gasteiger partial charge in [0.05, 0.1) is 11.5 Å². The third-order valence-corrected chi connectivity index (χ3v) is 4.78. The summed E-state index contributed by atoms with van der Waals surface area (Å²) >= 11 is 0. The molecule has 0 aromatic rings. The van der Waals surface area contributed by atoms with Crippen molar-refractivity contribution in [3.05, 3.63) is 0 Å². The molecule has 0 spiro atoms. The van der Waals surface area contributed by atoms with E-state index in [9.17, 15) is 21.6 Å². The number of hydrogen-bond donors (Lipinski definition) is 2. The SMILES string of the molecule is CCCC[C@H](NS(=O)(=O)CCS(C)(=O)=O)C(=O)O. The maximum absolute atomic E-state index is 11.5. The molecular formula is C9H19NO6S2. The summed E-state index contributed by atoms with van der Waals surface area (Å²) in [6, 6.07) is -1.20. The van der Waals surface area contributed by atoms with Gasteiger partial charge in [-0.2, -0.15) is 0 Å². The highest BCUT2D eigenvalue weighted by molar-refractivity contribution is 7.93. The van der Waals surface area contributed by atoms with E-state index >= 15 is 0 Å². The quantitative estimate of drug-likeness (QED) is 0.598. The second-order valence-electron chi connectivity index (χ2n) is 4.10. The first-order valence-electron chi connectivity index (χ1n) is 5.48. The van der Waals surface area contributed by atoms with Crippen molar-refractivity contribution in [2.75, 3.05) is 17.8 Å². The van der Waals surface area contributed by atoms with Crippen LogP contribution in [0.4, 0.5) is 0 Å². The van der Waals surface area contributed by atoms with Crippen LogP contribution in [0.25, 0.3) is 0 Å². The Kier molecular flexibility index (Phi) is 6.79. The van der Waals surface area contributed by atoms with Crippen LogP contribution in [0.1, 0.15) is 26.2 Å². The summed E-state index contributed by atoms with van der Waals surface area (Å²) < 4.78 is 46.8. The molecule has 18 heavy (non-hydrogen) atoms. The lowest BCUT2D eigenvalue weighted by atomic mass is 10.1. The van der Waals surface area contributed by atoms with E-state index in [-0.39, 0.29) is 6.42 Å². The molecule has 0 rings (SSSR count). The van der Waals surface area contributed by atoms with E-state index in [0.717, 1.165) is 12.7 Å². The molecule has 2 N–H and O–H groups in total. The highest BCUT2D eigenvalue weighted by atomic mass is 32.2. The van der Waals surface area contributed by atoms with Gasteiger partial charge in [-0.25, -0.2) is 21.6 Å². The zero-order valence-electron chi connectivity index (χ0n) is 10.4. The van der Waals surface area contributed by atoms with E-state index in [2.05, 4.69) is 0 Å². The van der Waals surface area contributed by atoms with Crippen LogP contribution in [0.3, 0.4) is 0 Å². The second kappa shape index (κ2) is 7.05. The fourth-order valence-electron chi connectivity index (χ4n) is 1.18. The Morgan fingerprint density at radius 1 is 1.22 bits per heavy atom. The lowest BCUT2D eigenvalue weighted by molar-refractivity contribution is -0.139. The highest BCUT2D eigenvalue weighted by Gasteiger charge is 2.24. The number of carbonyl (C=O) groups is 1. The normalized spacial score (nSPS) is 14.3. The third-order valence-electron chi connectivity index (χ3n) is 2.19. The molecule has 0 aliphatic carbocycles. The minimum absolute atomic E-state index is 0.184. The van der Waals surface area contributed by atoms with Crippen molar-refractivity contribution in [3.8, 4) is 0 Å². The molecule has 0 aliphatic rings. The molecule has 0 heterocycles. The number of carboxylic acids is 1. The fourth-order valence-corrected chi connectivity index (χ4v) is 4.04. The zero-order valence-corrected chi connectivity index (χ0v) is 12.1. The van der Waals surface area contributed by atoms with Crippen molar-refractivity contribution in [2.45, 2.75) is 32.2 Å². The van der Waals surface area contributed by atoms with Gasteiger partial charge in [-0.05, 0) is 6.42 Å². The molecule has 0 unspecified atom stereocenters. The first kappa shape index (κ1) is 17.3.